The Hall–Kier alpha value is -1.88. The highest BCUT2D eigenvalue weighted by Gasteiger charge is 2.20. The van der Waals surface area contributed by atoms with Crippen molar-refractivity contribution in [1.82, 2.24) is 4.90 Å². The lowest BCUT2D eigenvalue weighted by atomic mass is 10.1. The molecule has 0 aliphatic carbocycles. The normalized spacial score (nSPS) is 12.2. The van der Waals surface area contributed by atoms with E-state index in [4.69, 9.17) is 5.11 Å². The van der Waals surface area contributed by atoms with E-state index in [0.717, 1.165) is 5.56 Å². The van der Waals surface area contributed by atoms with Crippen LogP contribution in [0.15, 0.2) is 30.3 Å². The number of ether oxygens (including phenoxy) is 1. The van der Waals surface area contributed by atoms with Gasteiger partial charge in [0.05, 0.1) is 20.1 Å². The van der Waals surface area contributed by atoms with Crippen molar-refractivity contribution in [2.75, 3.05) is 13.7 Å². The first-order valence-corrected chi connectivity index (χ1v) is 6.09. The van der Waals surface area contributed by atoms with E-state index in [1.807, 2.05) is 30.3 Å². The quantitative estimate of drug-likeness (QED) is 0.757. The molecule has 1 atom stereocenters. The highest BCUT2D eigenvalue weighted by Crippen LogP contribution is 2.11. The number of methoxy groups -OCH3 is 1. The topological polar surface area (TPSA) is 66.8 Å². The number of nitrogens with zero attached hydrogens (tertiary/aromatic N) is 1. The molecule has 0 aliphatic rings. The summed E-state index contributed by atoms with van der Waals surface area (Å²) in [7, 11) is 1.32. The van der Waals surface area contributed by atoms with Gasteiger partial charge in [0.25, 0.3) is 0 Å². The Balaban J connectivity index is 2.73. The Labute approximate surface area is 112 Å². The van der Waals surface area contributed by atoms with Crippen molar-refractivity contribution in [2.24, 2.45) is 0 Å². The summed E-state index contributed by atoms with van der Waals surface area (Å²) in [4.78, 5) is 24.0. The van der Waals surface area contributed by atoms with E-state index in [2.05, 4.69) is 4.74 Å². The fraction of sp³-hybridized carbons (Fsp3) is 0.429. The van der Waals surface area contributed by atoms with Gasteiger partial charge in [0.2, 0.25) is 0 Å². The molecule has 0 fully saturated rings. The minimum absolute atomic E-state index is 0.0101. The number of benzene rings is 1. The molecule has 19 heavy (non-hydrogen) atoms. The van der Waals surface area contributed by atoms with E-state index in [0.29, 0.717) is 6.54 Å². The highest BCUT2D eigenvalue weighted by atomic mass is 16.5. The van der Waals surface area contributed by atoms with E-state index in [1.165, 1.54) is 7.11 Å². The lowest BCUT2D eigenvalue weighted by molar-refractivity contribution is -0.144. The summed E-state index contributed by atoms with van der Waals surface area (Å²) in [5.41, 5.74) is 1.03. The molecular weight excluding hydrogens is 246 g/mol. The Morgan fingerprint density at radius 1 is 1.32 bits per heavy atom. The van der Waals surface area contributed by atoms with Crippen LogP contribution >= 0.6 is 0 Å². The van der Waals surface area contributed by atoms with Crippen LogP contribution in [0.5, 0.6) is 0 Å². The third kappa shape index (κ3) is 5.52. The van der Waals surface area contributed by atoms with Crippen molar-refractivity contribution in [3.63, 3.8) is 0 Å². The average molecular weight is 265 g/mol. The van der Waals surface area contributed by atoms with Gasteiger partial charge in [0.15, 0.2) is 0 Å². The molecule has 0 spiro atoms. The molecule has 1 unspecified atom stereocenters. The molecule has 0 aliphatic heterocycles. The third-order valence-corrected chi connectivity index (χ3v) is 2.88. The second kappa shape index (κ2) is 7.53. The number of hydrogen-bond donors (Lipinski definition) is 1. The molecule has 0 bridgehead atoms. The first-order chi connectivity index (χ1) is 9.02. The summed E-state index contributed by atoms with van der Waals surface area (Å²) in [5, 5.41) is 8.85. The van der Waals surface area contributed by atoms with Crippen LogP contribution in [-0.4, -0.2) is 41.6 Å². The molecule has 1 N–H and O–H groups in total. The Morgan fingerprint density at radius 3 is 2.47 bits per heavy atom. The van der Waals surface area contributed by atoms with Gasteiger partial charge in [-0.05, 0) is 12.5 Å². The zero-order chi connectivity index (χ0) is 14.3. The second-order valence-corrected chi connectivity index (χ2v) is 4.41. The van der Waals surface area contributed by atoms with E-state index in [1.54, 1.807) is 11.8 Å². The number of rotatable bonds is 7. The minimum atomic E-state index is -0.879. The molecule has 0 saturated carbocycles. The molecule has 0 heterocycles. The van der Waals surface area contributed by atoms with Crippen molar-refractivity contribution in [3.05, 3.63) is 35.9 Å². The fourth-order valence-corrected chi connectivity index (χ4v) is 1.80. The molecule has 1 aromatic rings. The Kier molecular flexibility index (Phi) is 6.02. The van der Waals surface area contributed by atoms with Crippen LogP contribution in [0, 0.1) is 0 Å². The van der Waals surface area contributed by atoms with Crippen LogP contribution in [-0.2, 0) is 20.9 Å². The summed E-state index contributed by atoms with van der Waals surface area (Å²) >= 11 is 0. The summed E-state index contributed by atoms with van der Waals surface area (Å²) in [5.74, 6) is -1.25. The lowest BCUT2D eigenvalue weighted by Crippen LogP contribution is -2.38. The van der Waals surface area contributed by atoms with E-state index >= 15 is 0 Å². The summed E-state index contributed by atoms with van der Waals surface area (Å²) in [6.07, 6.45) is -0.0101. The van der Waals surface area contributed by atoms with E-state index in [9.17, 15) is 9.59 Å². The van der Waals surface area contributed by atoms with Gasteiger partial charge >= 0.3 is 11.9 Å². The van der Waals surface area contributed by atoms with Crippen molar-refractivity contribution in [1.29, 1.82) is 0 Å². The van der Waals surface area contributed by atoms with Crippen LogP contribution in [0.2, 0.25) is 0 Å². The predicted molar refractivity (Wildman–Crippen MR) is 70.6 cm³/mol. The van der Waals surface area contributed by atoms with Gasteiger partial charge in [-0.3, -0.25) is 14.5 Å². The van der Waals surface area contributed by atoms with Crippen molar-refractivity contribution < 1.29 is 19.4 Å². The zero-order valence-corrected chi connectivity index (χ0v) is 11.2. The van der Waals surface area contributed by atoms with Gasteiger partial charge < -0.3 is 9.84 Å². The van der Waals surface area contributed by atoms with Crippen LogP contribution in [0.3, 0.4) is 0 Å². The standard InChI is InChI=1S/C14H19NO4/c1-11(8-13(16)17)15(10-14(18)19-2)9-12-6-4-3-5-7-12/h3-7,11H,8-10H2,1-2H3,(H,16,17). The zero-order valence-electron chi connectivity index (χ0n) is 11.2. The van der Waals surface area contributed by atoms with Gasteiger partial charge in [-0.25, -0.2) is 0 Å². The molecule has 0 aromatic heterocycles. The van der Waals surface area contributed by atoms with Crippen LogP contribution in [0.25, 0.3) is 0 Å². The maximum atomic E-state index is 11.4. The Morgan fingerprint density at radius 2 is 1.95 bits per heavy atom. The van der Waals surface area contributed by atoms with Crippen molar-refractivity contribution >= 4 is 11.9 Å². The fourth-order valence-electron chi connectivity index (χ4n) is 1.80. The molecule has 1 aromatic carbocycles. The smallest absolute Gasteiger partial charge is 0.319 e. The van der Waals surface area contributed by atoms with Crippen LogP contribution in [0.1, 0.15) is 18.9 Å². The molecule has 0 saturated heterocycles. The maximum Gasteiger partial charge on any atom is 0.319 e. The molecular formula is C14H19NO4. The summed E-state index contributed by atoms with van der Waals surface area (Å²) in [6, 6.07) is 9.38. The number of esters is 1. The molecule has 1 rings (SSSR count). The number of aliphatic carboxylic acids is 1. The maximum absolute atomic E-state index is 11.4. The SMILES string of the molecule is COC(=O)CN(Cc1ccccc1)C(C)CC(=O)O. The van der Waals surface area contributed by atoms with Crippen LogP contribution < -0.4 is 0 Å². The van der Waals surface area contributed by atoms with Gasteiger partial charge in [-0.1, -0.05) is 30.3 Å². The predicted octanol–water partition coefficient (Wildman–Crippen LogP) is 1.52. The molecule has 5 heteroatoms. The first kappa shape index (κ1) is 15.2. The number of carbonyl (C=O) groups is 2. The molecule has 0 radical (unpaired) electrons. The lowest BCUT2D eigenvalue weighted by Gasteiger charge is -2.27. The number of hydrogen-bond acceptors (Lipinski definition) is 4. The number of carbonyl (C=O) groups excluding carboxylic acids is 1. The van der Waals surface area contributed by atoms with E-state index < -0.39 is 5.97 Å². The monoisotopic (exact) mass is 265 g/mol. The summed E-state index contributed by atoms with van der Waals surface area (Å²) < 4.78 is 4.65. The number of carboxylic acids is 1. The minimum Gasteiger partial charge on any atom is -0.481 e. The molecule has 0 amide bonds. The van der Waals surface area contributed by atoms with Crippen molar-refractivity contribution in [2.45, 2.75) is 25.9 Å². The summed E-state index contributed by atoms with van der Waals surface area (Å²) in [6.45, 7) is 2.39. The second-order valence-electron chi connectivity index (χ2n) is 4.41. The molecule has 104 valence electrons. The van der Waals surface area contributed by atoms with E-state index in [-0.39, 0.29) is 25.0 Å². The number of carboxylic acid groups (broad SMARTS) is 1. The van der Waals surface area contributed by atoms with Crippen molar-refractivity contribution in [3.8, 4) is 0 Å². The Bertz CT molecular complexity index is 419. The third-order valence-electron chi connectivity index (χ3n) is 2.88. The average Bonchev–Trinajstić information content (AvgIpc) is 2.38. The molecule has 5 nitrogen and oxygen atoms in total. The largest absolute Gasteiger partial charge is 0.481 e. The van der Waals surface area contributed by atoms with Gasteiger partial charge in [0.1, 0.15) is 0 Å². The first-order valence-electron chi connectivity index (χ1n) is 6.09. The van der Waals surface area contributed by atoms with Gasteiger partial charge in [0, 0.05) is 12.6 Å². The highest BCUT2D eigenvalue weighted by molar-refractivity contribution is 5.72. The van der Waals surface area contributed by atoms with Gasteiger partial charge in [-0.15, -0.1) is 0 Å². The van der Waals surface area contributed by atoms with Gasteiger partial charge in [-0.2, -0.15) is 0 Å². The van der Waals surface area contributed by atoms with Crippen LogP contribution in [0.4, 0.5) is 0 Å².